The summed E-state index contributed by atoms with van der Waals surface area (Å²) in [5, 5.41) is 2.94. The Morgan fingerprint density at radius 2 is 2.50 bits per heavy atom. The van der Waals surface area contributed by atoms with Gasteiger partial charge in [0.15, 0.2) is 0 Å². The van der Waals surface area contributed by atoms with E-state index in [0.29, 0.717) is 16.8 Å². The van der Waals surface area contributed by atoms with Crippen LogP contribution in [0.15, 0.2) is 11.6 Å². The lowest BCUT2D eigenvalue weighted by atomic mass is 10.1. The van der Waals surface area contributed by atoms with E-state index in [-0.39, 0.29) is 12.5 Å². The Kier molecular flexibility index (Phi) is 3.76. The molecule has 0 radical (unpaired) electrons. The van der Waals surface area contributed by atoms with E-state index < -0.39 is 0 Å². The van der Waals surface area contributed by atoms with Gasteiger partial charge in [-0.25, -0.2) is 0 Å². The molecule has 4 nitrogen and oxygen atoms in total. The van der Waals surface area contributed by atoms with E-state index in [0.717, 1.165) is 13.0 Å². The highest BCUT2D eigenvalue weighted by Crippen LogP contribution is 2.07. The minimum atomic E-state index is -0.200. The first-order valence-electron chi connectivity index (χ1n) is 4.34. The fraction of sp³-hybridized carbons (Fsp3) is 0.444. The van der Waals surface area contributed by atoms with Crippen molar-refractivity contribution in [2.24, 2.45) is 0 Å². The van der Waals surface area contributed by atoms with Crippen LogP contribution in [0.3, 0.4) is 0 Å². The normalized spacial score (nSPS) is 15.5. The molecule has 0 bridgehead atoms. The number of rotatable bonds is 3. The Balaban J connectivity index is 2.72. The highest BCUT2D eigenvalue weighted by Gasteiger charge is 2.19. The molecule has 1 heterocycles. The molecule has 1 aliphatic heterocycles. The Morgan fingerprint density at radius 3 is 3.07 bits per heavy atom. The largest absolute Gasteiger partial charge is 0.375 e. The standard InChI is InChI=1S/C9H12N2O2S/c1-11(5-6-12)9(13)7-3-2-4-10-8(7)14/h3,6H,2,4-5H2,1H3,(H,10,14). The maximum Gasteiger partial charge on any atom is 0.256 e. The Hall–Kier alpha value is -1.23. The smallest absolute Gasteiger partial charge is 0.256 e. The number of likely N-dealkylation sites (N-methyl/N-ethyl adjacent to an activating group) is 1. The van der Waals surface area contributed by atoms with Gasteiger partial charge < -0.3 is 15.0 Å². The average Bonchev–Trinajstić information content (AvgIpc) is 2.18. The molecular weight excluding hydrogens is 200 g/mol. The van der Waals surface area contributed by atoms with Crippen LogP contribution >= 0.6 is 12.2 Å². The van der Waals surface area contributed by atoms with E-state index in [2.05, 4.69) is 5.32 Å². The van der Waals surface area contributed by atoms with E-state index in [1.54, 1.807) is 7.05 Å². The van der Waals surface area contributed by atoms with Crippen LogP contribution in [0.4, 0.5) is 0 Å². The van der Waals surface area contributed by atoms with Gasteiger partial charge in [0.1, 0.15) is 11.3 Å². The third kappa shape index (κ3) is 2.38. The minimum absolute atomic E-state index is 0.0960. The third-order valence-corrected chi connectivity index (χ3v) is 2.31. The predicted molar refractivity (Wildman–Crippen MR) is 57.0 cm³/mol. The lowest BCUT2D eigenvalue weighted by molar-refractivity contribution is -0.127. The van der Waals surface area contributed by atoms with Crippen LogP contribution in [-0.4, -0.2) is 42.2 Å². The molecule has 0 aromatic rings. The number of hydrogen-bond acceptors (Lipinski definition) is 3. The fourth-order valence-electron chi connectivity index (χ4n) is 1.17. The molecule has 14 heavy (non-hydrogen) atoms. The quantitative estimate of drug-likeness (QED) is 0.524. The molecule has 5 heteroatoms. The zero-order chi connectivity index (χ0) is 10.6. The Bertz CT molecular complexity index is 299. The van der Waals surface area contributed by atoms with Crippen molar-refractivity contribution in [3.63, 3.8) is 0 Å². The summed E-state index contributed by atoms with van der Waals surface area (Å²) >= 11 is 4.99. The lowest BCUT2D eigenvalue weighted by Crippen LogP contribution is -2.38. The Morgan fingerprint density at radius 1 is 1.79 bits per heavy atom. The summed E-state index contributed by atoms with van der Waals surface area (Å²) in [4.78, 5) is 23.7. The topological polar surface area (TPSA) is 49.4 Å². The van der Waals surface area contributed by atoms with Gasteiger partial charge >= 0.3 is 0 Å². The van der Waals surface area contributed by atoms with E-state index in [1.807, 2.05) is 6.08 Å². The van der Waals surface area contributed by atoms with Crippen LogP contribution in [0.1, 0.15) is 6.42 Å². The summed E-state index contributed by atoms with van der Waals surface area (Å²) < 4.78 is 0. The fourth-order valence-corrected chi connectivity index (χ4v) is 1.45. The number of nitrogens with zero attached hydrogens (tertiary/aromatic N) is 1. The molecule has 0 unspecified atom stereocenters. The van der Waals surface area contributed by atoms with Crippen LogP contribution < -0.4 is 5.32 Å². The number of nitrogens with one attached hydrogen (secondary N) is 1. The van der Waals surface area contributed by atoms with Crippen molar-refractivity contribution in [2.75, 3.05) is 20.1 Å². The van der Waals surface area contributed by atoms with Crippen molar-refractivity contribution in [3.05, 3.63) is 11.6 Å². The molecule has 0 atom stereocenters. The van der Waals surface area contributed by atoms with E-state index in [4.69, 9.17) is 12.2 Å². The van der Waals surface area contributed by atoms with E-state index in [1.165, 1.54) is 4.90 Å². The zero-order valence-electron chi connectivity index (χ0n) is 7.95. The number of carbonyl (C=O) groups is 2. The van der Waals surface area contributed by atoms with Crippen molar-refractivity contribution < 1.29 is 9.59 Å². The van der Waals surface area contributed by atoms with Crippen molar-refractivity contribution in [1.29, 1.82) is 0 Å². The molecule has 1 amide bonds. The van der Waals surface area contributed by atoms with Crippen LogP contribution in [0, 0.1) is 0 Å². The van der Waals surface area contributed by atoms with Gasteiger partial charge in [-0.1, -0.05) is 18.3 Å². The number of aldehydes is 1. The van der Waals surface area contributed by atoms with Gasteiger partial charge in [-0.15, -0.1) is 0 Å². The summed E-state index contributed by atoms with van der Waals surface area (Å²) in [6.45, 7) is 0.867. The Labute approximate surface area is 88.0 Å². The lowest BCUT2D eigenvalue weighted by Gasteiger charge is -2.20. The number of thiocarbonyl (C=S) groups is 1. The van der Waals surface area contributed by atoms with Gasteiger partial charge in [0.25, 0.3) is 5.91 Å². The van der Waals surface area contributed by atoms with Crippen LogP contribution in [0.5, 0.6) is 0 Å². The molecule has 1 aliphatic rings. The van der Waals surface area contributed by atoms with Crippen LogP contribution in [0.25, 0.3) is 0 Å². The van der Waals surface area contributed by atoms with Crippen molar-refractivity contribution in [1.82, 2.24) is 10.2 Å². The van der Waals surface area contributed by atoms with E-state index >= 15 is 0 Å². The van der Waals surface area contributed by atoms with Crippen LogP contribution in [0.2, 0.25) is 0 Å². The molecule has 0 spiro atoms. The van der Waals surface area contributed by atoms with Crippen molar-refractivity contribution >= 4 is 29.4 Å². The van der Waals surface area contributed by atoms with E-state index in [9.17, 15) is 9.59 Å². The second-order valence-electron chi connectivity index (χ2n) is 3.01. The van der Waals surface area contributed by atoms with Gasteiger partial charge in [-0.05, 0) is 6.42 Å². The highest BCUT2D eigenvalue weighted by atomic mass is 32.1. The van der Waals surface area contributed by atoms with Gasteiger partial charge in [-0.2, -0.15) is 0 Å². The molecule has 1 rings (SSSR count). The first-order chi connectivity index (χ1) is 6.66. The summed E-state index contributed by atoms with van der Waals surface area (Å²) in [6, 6.07) is 0. The summed E-state index contributed by atoms with van der Waals surface area (Å²) in [6.07, 6.45) is 3.29. The van der Waals surface area contributed by atoms with Gasteiger partial charge in [0, 0.05) is 13.6 Å². The highest BCUT2D eigenvalue weighted by molar-refractivity contribution is 7.80. The van der Waals surface area contributed by atoms with Gasteiger partial charge in [0.2, 0.25) is 0 Å². The predicted octanol–water partition coefficient (Wildman–Crippen LogP) is -0.109. The second-order valence-corrected chi connectivity index (χ2v) is 3.42. The zero-order valence-corrected chi connectivity index (χ0v) is 8.76. The molecule has 0 aliphatic carbocycles. The van der Waals surface area contributed by atoms with Gasteiger partial charge in [0.05, 0.1) is 12.1 Å². The van der Waals surface area contributed by atoms with Crippen molar-refractivity contribution in [2.45, 2.75) is 6.42 Å². The average molecular weight is 212 g/mol. The maximum absolute atomic E-state index is 11.7. The summed E-state index contributed by atoms with van der Waals surface area (Å²) in [5.41, 5.74) is 0.496. The van der Waals surface area contributed by atoms with Crippen molar-refractivity contribution in [3.8, 4) is 0 Å². The SMILES string of the molecule is CN(CC=O)C(=O)C1=CCCNC1=S. The molecule has 0 aromatic heterocycles. The van der Waals surface area contributed by atoms with Crippen LogP contribution in [-0.2, 0) is 9.59 Å². The second kappa shape index (κ2) is 4.85. The first-order valence-corrected chi connectivity index (χ1v) is 4.75. The first kappa shape index (κ1) is 10.8. The molecule has 0 saturated heterocycles. The molecule has 76 valence electrons. The summed E-state index contributed by atoms with van der Waals surface area (Å²) in [7, 11) is 1.58. The van der Waals surface area contributed by atoms with Gasteiger partial charge in [-0.3, -0.25) is 4.79 Å². The molecule has 0 saturated carbocycles. The number of amides is 1. The molecular formula is C9H12N2O2S. The number of hydrogen-bond donors (Lipinski definition) is 1. The maximum atomic E-state index is 11.7. The molecule has 0 aromatic carbocycles. The monoisotopic (exact) mass is 212 g/mol. The number of carbonyl (C=O) groups excluding carboxylic acids is 2. The summed E-state index contributed by atoms with van der Waals surface area (Å²) in [5.74, 6) is -0.200. The molecule has 1 N–H and O–H groups in total. The molecule has 0 fully saturated rings. The minimum Gasteiger partial charge on any atom is -0.375 e. The third-order valence-electron chi connectivity index (χ3n) is 1.95.